The van der Waals surface area contributed by atoms with Crippen molar-refractivity contribution in [1.82, 2.24) is 20.7 Å². The highest BCUT2D eigenvalue weighted by molar-refractivity contribution is 5.96. The topological polar surface area (TPSA) is 97.1 Å². The average Bonchev–Trinajstić information content (AvgIpc) is 2.72. The molecule has 3 rings (SSSR count). The van der Waals surface area contributed by atoms with Crippen molar-refractivity contribution in [2.45, 2.75) is 0 Å². The fourth-order valence-electron chi connectivity index (χ4n) is 2.52. The predicted molar refractivity (Wildman–Crippen MR) is 111 cm³/mol. The van der Waals surface area contributed by atoms with Crippen LogP contribution in [-0.4, -0.2) is 37.7 Å². The molecule has 0 spiro atoms. The number of methoxy groups -OCH3 is 1. The van der Waals surface area contributed by atoms with E-state index in [0.29, 0.717) is 23.6 Å². The molecule has 2 aromatic carbocycles. The summed E-state index contributed by atoms with van der Waals surface area (Å²) in [6.07, 6.45) is 1.49. The van der Waals surface area contributed by atoms with E-state index < -0.39 is 0 Å². The summed E-state index contributed by atoms with van der Waals surface area (Å²) in [5.74, 6) is 5.64. The predicted octanol–water partition coefficient (Wildman–Crippen LogP) is 2.67. The number of fused-ring (bicyclic) bond motifs is 1. The molecule has 1 heterocycles. The van der Waals surface area contributed by atoms with E-state index >= 15 is 0 Å². The molecule has 1 aromatic heterocycles. The molecule has 8 heteroatoms. The summed E-state index contributed by atoms with van der Waals surface area (Å²) in [6, 6.07) is 10.2. The van der Waals surface area contributed by atoms with E-state index in [1.54, 1.807) is 26.3 Å². The Kier molecular flexibility index (Phi) is 7.67. The van der Waals surface area contributed by atoms with Crippen LogP contribution < -0.4 is 26.6 Å². The van der Waals surface area contributed by atoms with Crippen molar-refractivity contribution in [2.24, 2.45) is 5.84 Å². The van der Waals surface area contributed by atoms with Gasteiger partial charge in [0.1, 0.15) is 29.2 Å². The second kappa shape index (κ2) is 10.2. The number of halogens is 1. The van der Waals surface area contributed by atoms with Crippen LogP contribution >= 0.6 is 0 Å². The minimum atomic E-state index is -0.271. The number of ether oxygens (including phenoxy) is 1. The molecular formula is C20H25FN6O. The minimum Gasteiger partial charge on any atom is -0.494 e. The van der Waals surface area contributed by atoms with Crippen LogP contribution in [0.2, 0.25) is 0 Å². The Morgan fingerprint density at radius 2 is 1.82 bits per heavy atom. The van der Waals surface area contributed by atoms with E-state index in [9.17, 15) is 4.39 Å². The molecule has 0 unspecified atom stereocenters. The van der Waals surface area contributed by atoms with E-state index in [4.69, 9.17) is 4.74 Å². The van der Waals surface area contributed by atoms with Crippen LogP contribution in [0.5, 0.6) is 5.75 Å². The normalized spacial score (nSPS) is 10.0. The van der Waals surface area contributed by atoms with Crippen LogP contribution in [0.15, 0.2) is 55.0 Å². The summed E-state index contributed by atoms with van der Waals surface area (Å²) in [4.78, 5) is 8.67. The number of nitrogens with one attached hydrogen (secondary N) is 3. The lowest BCUT2D eigenvalue weighted by molar-refractivity contribution is 0.419. The van der Waals surface area contributed by atoms with Gasteiger partial charge in [-0.3, -0.25) is 11.3 Å². The molecule has 0 atom stereocenters. The molecule has 0 amide bonds. The molecule has 0 bridgehead atoms. The Morgan fingerprint density at radius 1 is 1.14 bits per heavy atom. The first-order valence-electron chi connectivity index (χ1n) is 8.59. The number of nitrogens with two attached hydrogens (primary N) is 1. The van der Waals surface area contributed by atoms with Crippen molar-refractivity contribution in [3.63, 3.8) is 0 Å². The Morgan fingerprint density at radius 3 is 2.43 bits per heavy atom. The van der Waals surface area contributed by atoms with Crippen LogP contribution in [0, 0.1) is 5.82 Å². The van der Waals surface area contributed by atoms with Crippen molar-refractivity contribution in [2.75, 3.05) is 33.1 Å². The lowest BCUT2D eigenvalue weighted by Crippen LogP contribution is -2.15. The molecular weight excluding hydrogens is 359 g/mol. The maximum atomic E-state index is 13.2. The van der Waals surface area contributed by atoms with Gasteiger partial charge in [-0.15, -0.1) is 0 Å². The number of hydrazine groups is 1. The SMILES string of the molecule is C=C(CNc1ncnc2c(OC)cc(-c3ccc(F)cc3)cc12)NC.CNN. The van der Waals surface area contributed by atoms with Gasteiger partial charge in [0.25, 0.3) is 0 Å². The van der Waals surface area contributed by atoms with Gasteiger partial charge in [0.2, 0.25) is 0 Å². The summed E-state index contributed by atoms with van der Waals surface area (Å²) >= 11 is 0. The maximum absolute atomic E-state index is 13.2. The van der Waals surface area contributed by atoms with Gasteiger partial charge < -0.3 is 15.4 Å². The Bertz CT molecular complexity index is 930. The van der Waals surface area contributed by atoms with Crippen LogP contribution in [0.3, 0.4) is 0 Å². The van der Waals surface area contributed by atoms with Gasteiger partial charge in [0.15, 0.2) is 0 Å². The van der Waals surface area contributed by atoms with E-state index in [1.807, 2.05) is 19.2 Å². The summed E-state index contributed by atoms with van der Waals surface area (Å²) < 4.78 is 18.7. The molecule has 0 aliphatic heterocycles. The number of anilines is 1. The zero-order valence-corrected chi connectivity index (χ0v) is 16.2. The first kappa shape index (κ1) is 21.1. The third-order valence-electron chi connectivity index (χ3n) is 3.92. The minimum absolute atomic E-state index is 0.271. The summed E-state index contributed by atoms with van der Waals surface area (Å²) in [5, 5.41) is 7.06. The van der Waals surface area contributed by atoms with E-state index in [1.165, 1.54) is 18.5 Å². The molecule has 0 aliphatic carbocycles. The summed E-state index contributed by atoms with van der Waals surface area (Å²) in [6.45, 7) is 4.43. The number of hydrogen-bond acceptors (Lipinski definition) is 7. The van der Waals surface area contributed by atoms with Gasteiger partial charge in [0, 0.05) is 18.1 Å². The molecule has 148 valence electrons. The van der Waals surface area contributed by atoms with Gasteiger partial charge >= 0.3 is 0 Å². The summed E-state index contributed by atoms with van der Waals surface area (Å²) in [5.41, 5.74) is 5.58. The van der Waals surface area contributed by atoms with Gasteiger partial charge in [-0.1, -0.05) is 18.7 Å². The smallest absolute Gasteiger partial charge is 0.145 e. The first-order chi connectivity index (χ1) is 13.5. The fraction of sp³-hybridized carbons (Fsp3) is 0.200. The molecule has 0 aliphatic rings. The molecule has 0 fully saturated rings. The molecule has 0 saturated carbocycles. The standard InChI is InChI=1S/C19H19FN4O.CH6N2/c1-12(21-2)10-22-19-16-8-14(13-4-6-15(20)7-5-13)9-17(25-3)18(16)23-11-24-19;1-3-2/h4-9,11,21H,1,10H2,2-3H3,(H,22,23,24);3H,2H2,1H3. The van der Waals surface area contributed by atoms with E-state index in [0.717, 1.165) is 22.2 Å². The number of benzene rings is 2. The van der Waals surface area contributed by atoms with Gasteiger partial charge in [0.05, 0.1) is 13.7 Å². The van der Waals surface area contributed by atoms with Crippen molar-refractivity contribution < 1.29 is 9.13 Å². The number of aromatic nitrogens is 2. The molecule has 0 radical (unpaired) electrons. The van der Waals surface area contributed by atoms with Crippen LogP contribution in [0.4, 0.5) is 10.2 Å². The molecule has 7 nitrogen and oxygen atoms in total. The monoisotopic (exact) mass is 384 g/mol. The number of hydrogen-bond donors (Lipinski definition) is 4. The van der Waals surface area contributed by atoms with Gasteiger partial charge in [-0.25, -0.2) is 14.4 Å². The highest BCUT2D eigenvalue weighted by atomic mass is 19.1. The second-order valence-electron chi connectivity index (χ2n) is 5.80. The second-order valence-corrected chi connectivity index (χ2v) is 5.80. The molecule has 28 heavy (non-hydrogen) atoms. The molecule has 5 N–H and O–H groups in total. The summed E-state index contributed by atoms with van der Waals surface area (Å²) in [7, 11) is 5.07. The number of rotatable bonds is 6. The fourth-order valence-corrected chi connectivity index (χ4v) is 2.52. The average molecular weight is 384 g/mol. The van der Waals surface area contributed by atoms with Crippen molar-refractivity contribution in [3.05, 3.63) is 60.8 Å². The Labute approximate surface area is 163 Å². The highest BCUT2D eigenvalue weighted by Gasteiger charge is 2.12. The van der Waals surface area contributed by atoms with Gasteiger partial charge in [-0.2, -0.15) is 0 Å². The number of nitrogens with zero attached hydrogens (tertiary/aromatic N) is 2. The zero-order chi connectivity index (χ0) is 20.5. The molecule has 3 aromatic rings. The quantitative estimate of drug-likeness (QED) is 0.383. The van der Waals surface area contributed by atoms with Crippen LogP contribution in [0.1, 0.15) is 0 Å². The van der Waals surface area contributed by atoms with E-state index in [-0.39, 0.29) is 5.82 Å². The maximum Gasteiger partial charge on any atom is 0.145 e. The highest BCUT2D eigenvalue weighted by Crippen LogP contribution is 2.34. The molecule has 0 saturated heterocycles. The Hall–Kier alpha value is -3.23. The van der Waals surface area contributed by atoms with Crippen molar-refractivity contribution in [3.8, 4) is 16.9 Å². The van der Waals surface area contributed by atoms with Crippen molar-refractivity contribution >= 4 is 16.7 Å². The third kappa shape index (κ3) is 5.15. The van der Waals surface area contributed by atoms with Crippen LogP contribution in [-0.2, 0) is 0 Å². The largest absolute Gasteiger partial charge is 0.494 e. The Balaban J connectivity index is 0.000000878. The number of likely N-dealkylation sites (N-methyl/N-ethyl adjacent to an activating group) is 1. The first-order valence-corrected chi connectivity index (χ1v) is 8.59. The van der Waals surface area contributed by atoms with Crippen molar-refractivity contribution in [1.29, 1.82) is 0 Å². The van der Waals surface area contributed by atoms with Crippen LogP contribution in [0.25, 0.3) is 22.0 Å². The van der Waals surface area contributed by atoms with Gasteiger partial charge in [-0.05, 0) is 42.4 Å². The lowest BCUT2D eigenvalue weighted by Gasteiger charge is -2.13. The zero-order valence-electron chi connectivity index (χ0n) is 16.2. The van der Waals surface area contributed by atoms with E-state index in [2.05, 4.69) is 38.4 Å². The third-order valence-corrected chi connectivity index (χ3v) is 3.92. The lowest BCUT2D eigenvalue weighted by atomic mass is 10.0.